The summed E-state index contributed by atoms with van der Waals surface area (Å²) in [4.78, 5) is 33.5. The average Bonchev–Trinajstić information content (AvgIpc) is 3.41. The van der Waals surface area contributed by atoms with Crippen molar-refractivity contribution in [2.24, 2.45) is 5.92 Å². The van der Waals surface area contributed by atoms with Crippen LogP contribution >= 0.6 is 0 Å². The lowest BCUT2D eigenvalue weighted by atomic mass is 9.94. The number of carbonyl (C=O) groups is 2. The summed E-state index contributed by atoms with van der Waals surface area (Å²) in [6.45, 7) is 0. The maximum absolute atomic E-state index is 13.2. The summed E-state index contributed by atoms with van der Waals surface area (Å²) in [5.74, 6) is -0.728. The number of rotatable bonds is 3. The van der Waals surface area contributed by atoms with E-state index in [1.54, 1.807) is 47.7 Å². The zero-order valence-corrected chi connectivity index (χ0v) is 14.3. The van der Waals surface area contributed by atoms with Crippen LogP contribution in [0.1, 0.15) is 11.8 Å². The Morgan fingerprint density at radius 3 is 2.04 bits per heavy atom. The van der Waals surface area contributed by atoms with Gasteiger partial charge >= 0.3 is 0 Å². The quantitative estimate of drug-likeness (QED) is 0.671. The molecule has 3 aromatic rings. The van der Waals surface area contributed by atoms with E-state index in [9.17, 15) is 9.59 Å². The fourth-order valence-electron chi connectivity index (χ4n) is 3.79. The number of anilines is 2. The SMILES string of the molecule is O=C1[C@H]2[C@H](ON(c3ccccc3)[C@@H]2c2ccco2)C(=O)N1c1ccccc1. The summed E-state index contributed by atoms with van der Waals surface area (Å²) in [6.07, 6.45) is 0.676. The fraction of sp³-hybridized carbons (Fsp3) is 0.143. The molecule has 134 valence electrons. The molecule has 2 aliphatic rings. The van der Waals surface area contributed by atoms with Crippen molar-refractivity contribution in [1.82, 2.24) is 0 Å². The third-order valence-electron chi connectivity index (χ3n) is 4.98. The summed E-state index contributed by atoms with van der Waals surface area (Å²) in [5.41, 5.74) is 1.31. The fourth-order valence-corrected chi connectivity index (χ4v) is 3.79. The van der Waals surface area contributed by atoms with Crippen molar-refractivity contribution in [2.45, 2.75) is 12.1 Å². The highest BCUT2D eigenvalue weighted by molar-refractivity contribution is 6.23. The Morgan fingerprint density at radius 1 is 0.741 bits per heavy atom. The number of fused-ring (bicyclic) bond motifs is 1. The first kappa shape index (κ1) is 15.8. The van der Waals surface area contributed by atoms with E-state index >= 15 is 0 Å². The Kier molecular flexibility index (Phi) is 3.58. The van der Waals surface area contributed by atoms with Crippen molar-refractivity contribution in [2.75, 3.05) is 9.96 Å². The molecule has 2 aliphatic heterocycles. The van der Waals surface area contributed by atoms with Crippen LogP contribution < -0.4 is 9.96 Å². The van der Waals surface area contributed by atoms with E-state index in [0.29, 0.717) is 11.4 Å². The minimum Gasteiger partial charge on any atom is -0.467 e. The molecule has 2 saturated heterocycles. The van der Waals surface area contributed by atoms with E-state index in [1.165, 1.54) is 4.90 Å². The molecule has 0 spiro atoms. The van der Waals surface area contributed by atoms with Crippen LogP contribution in [0.15, 0.2) is 83.5 Å². The average molecular weight is 360 g/mol. The van der Waals surface area contributed by atoms with E-state index < -0.39 is 18.1 Å². The maximum Gasteiger partial charge on any atom is 0.266 e. The van der Waals surface area contributed by atoms with Crippen LogP contribution in [0, 0.1) is 5.92 Å². The zero-order valence-electron chi connectivity index (χ0n) is 14.3. The Hall–Kier alpha value is -3.38. The van der Waals surface area contributed by atoms with Crippen LogP contribution in [0.25, 0.3) is 0 Å². The van der Waals surface area contributed by atoms with Gasteiger partial charge in [0.25, 0.3) is 5.91 Å². The summed E-state index contributed by atoms with van der Waals surface area (Å²) in [6, 6.07) is 21.4. The van der Waals surface area contributed by atoms with Gasteiger partial charge in [0, 0.05) is 0 Å². The standard InChI is InChI=1S/C21H16N2O4/c24-20-17-18(16-12-7-13-26-16)23(15-10-5-2-6-11-15)27-19(17)21(25)22(20)14-8-3-1-4-9-14/h1-13,17-19H/t17-,18-,19+/m1/s1. The van der Waals surface area contributed by atoms with Gasteiger partial charge in [-0.15, -0.1) is 0 Å². The van der Waals surface area contributed by atoms with Gasteiger partial charge in [-0.2, -0.15) is 0 Å². The molecular weight excluding hydrogens is 344 g/mol. The molecule has 0 radical (unpaired) electrons. The first-order chi connectivity index (χ1) is 13.3. The second-order valence-corrected chi connectivity index (χ2v) is 6.52. The van der Waals surface area contributed by atoms with Gasteiger partial charge in [-0.3, -0.25) is 14.4 Å². The van der Waals surface area contributed by atoms with Gasteiger partial charge < -0.3 is 4.42 Å². The topological polar surface area (TPSA) is 63.0 Å². The van der Waals surface area contributed by atoms with Crippen molar-refractivity contribution in [3.63, 3.8) is 0 Å². The lowest BCUT2D eigenvalue weighted by molar-refractivity contribution is -0.126. The van der Waals surface area contributed by atoms with Crippen LogP contribution in [0.2, 0.25) is 0 Å². The molecule has 0 aliphatic carbocycles. The molecule has 3 heterocycles. The summed E-state index contributed by atoms with van der Waals surface area (Å²) >= 11 is 0. The lowest BCUT2D eigenvalue weighted by Gasteiger charge is -2.27. The molecule has 1 aromatic heterocycles. The van der Waals surface area contributed by atoms with Crippen molar-refractivity contribution < 1.29 is 18.8 Å². The largest absolute Gasteiger partial charge is 0.467 e. The molecule has 0 N–H and O–H groups in total. The highest BCUT2D eigenvalue weighted by Gasteiger charge is 2.61. The van der Waals surface area contributed by atoms with Crippen molar-refractivity contribution in [3.05, 3.63) is 84.8 Å². The summed E-state index contributed by atoms with van der Waals surface area (Å²) < 4.78 is 5.60. The predicted octanol–water partition coefficient (Wildman–Crippen LogP) is 3.33. The van der Waals surface area contributed by atoms with E-state index in [4.69, 9.17) is 9.25 Å². The molecular formula is C21H16N2O4. The van der Waals surface area contributed by atoms with E-state index in [1.807, 2.05) is 36.4 Å². The lowest BCUT2D eigenvalue weighted by Crippen LogP contribution is -2.37. The van der Waals surface area contributed by atoms with Gasteiger partial charge in [0.15, 0.2) is 6.10 Å². The third-order valence-corrected chi connectivity index (χ3v) is 4.98. The van der Waals surface area contributed by atoms with Crippen molar-refractivity contribution in [1.29, 1.82) is 0 Å². The third kappa shape index (κ3) is 2.38. The second kappa shape index (κ2) is 6.10. The molecule has 0 bridgehead atoms. The number of carbonyl (C=O) groups excluding carboxylic acids is 2. The monoisotopic (exact) mass is 360 g/mol. The number of amides is 2. The minimum atomic E-state index is -0.881. The number of benzene rings is 2. The molecule has 6 heteroatoms. The first-order valence-corrected chi connectivity index (χ1v) is 8.73. The Morgan fingerprint density at radius 2 is 1.41 bits per heavy atom. The number of imide groups is 1. The summed E-state index contributed by atoms with van der Waals surface area (Å²) in [5, 5.41) is 1.62. The zero-order chi connectivity index (χ0) is 18.4. The number of nitrogens with zero attached hydrogens (tertiary/aromatic N) is 2. The molecule has 2 fully saturated rings. The maximum atomic E-state index is 13.2. The van der Waals surface area contributed by atoms with Gasteiger partial charge in [-0.05, 0) is 36.4 Å². The van der Waals surface area contributed by atoms with E-state index in [-0.39, 0.29) is 11.8 Å². The van der Waals surface area contributed by atoms with Crippen LogP contribution in [0.3, 0.4) is 0 Å². The molecule has 6 nitrogen and oxygen atoms in total. The van der Waals surface area contributed by atoms with Crippen molar-refractivity contribution >= 4 is 23.2 Å². The van der Waals surface area contributed by atoms with Gasteiger partial charge in [0.2, 0.25) is 5.91 Å². The number of hydrogen-bond acceptors (Lipinski definition) is 5. The van der Waals surface area contributed by atoms with Crippen LogP contribution in [-0.2, 0) is 14.4 Å². The van der Waals surface area contributed by atoms with Crippen LogP contribution in [0.5, 0.6) is 0 Å². The Labute approximate surface area is 155 Å². The molecule has 2 amide bonds. The normalized spacial score (nSPS) is 24.5. The van der Waals surface area contributed by atoms with Crippen molar-refractivity contribution in [3.8, 4) is 0 Å². The number of para-hydroxylation sites is 2. The highest BCUT2D eigenvalue weighted by atomic mass is 16.7. The van der Waals surface area contributed by atoms with E-state index in [2.05, 4.69) is 0 Å². The Balaban J connectivity index is 1.58. The van der Waals surface area contributed by atoms with Crippen LogP contribution in [0.4, 0.5) is 11.4 Å². The smallest absolute Gasteiger partial charge is 0.266 e. The molecule has 27 heavy (non-hydrogen) atoms. The van der Waals surface area contributed by atoms with Gasteiger partial charge in [0.1, 0.15) is 17.7 Å². The molecule has 5 rings (SSSR count). The number of furan rings is 1. The highest BCUT2D eigenvalue weighted by Crippen LogP contribution is 2.47. The Bertz CT molecular complexity index is 972. The van der Waals surface area contributed by atoms with Gasteiger partial charge in [-0.1, -0.05) is 36.4 Å². The number of hydroxylamine groups is 1. The molecule has 2 aromatic carbocycles. The van der Waals surface area contributed by atoms with E-state index in [0.717, 1.165) is 5.69 Å². The first-order valence-electron chi connectivity index (χ1n) is 8.73. The van der Waals surface area contributed by atoms with Crippen LogP contribution in [-0.4, -0.2) is 17.9 Å². The molecule has 3 atom stereocenters. The molecule has 0 unspecified atom stereocenters. The predicted molar refractivity (Wildman–Crippen MR) is 97.7 cm³/mol. The van der Waals surface area contributed by atoms with Gasteiger partial charge in [0.05, 0.1) is 17.6 Å². The molecule has 0 saturated carbocycles. The van der Waals surface area contributed by atoms with Gasteiger partial charge in [-0.25, -0.2) is 9.96 Å². The second-order valence-electron chi connectivity index (χ2n) is 6.52. The summed E-state index contributed by atoms with van der Waals surface area (Å²) in [7, 11) is 0. The number of hydrogen-bond donors (Lipinski definition) is 0. The minimum absolute atomic E-state index is 0.281.